The Bertz CT molecular complexity index is 235. The van der Waals surface area contributed by atoms with Crippen LogP contribution in [0.5, 0.6) is 0 Å². The zero-order valence-electron chi connectivity index (χ0n) is 12.5. The van der Waals surface area contributed by atoms with Gasteiger partial charge in [-0.2, -0.15) is 0 Å². The van der Waals surface area contributed by atoms with E-state index in [1.165, 1.54) is 10.2 Å². The molecule has 90 valence electrons. The van der Waals surface area contributed by atoms with Crippen molar-refractivity contribution in [3.63, 3.8) is 0 Å². The second-order valence-electron chi connectivity index (χ2n) is 7.75. The number of hydrogen-bond acceptors (Lipinski definition) is 0. The van der Waals surface area contributed by atoms with Crippen LogP contribution in [0.2, 0.25) is 0 Å². The van der Waals surface area contributed by atoms with Gasteiger partial charge in [-0.25, -0.2) is 0 Å². The highest BCUT2D eigenvalue weighted by molar-refractivity contribution is 6.22. The minimum Gasteiger partial charge on any atom is -0.0863 e. The maximum absolute atomic E-state index is 2.34. The number of allylic oxidation sites excluding steroid dienone is 2. The minimum atomic E-state index is 0.294. The molecule has 0 aromatic carbocycles. The van der Waals surface area contributed by atoms with Crippen molar-refractivity contribution < 1.29 is 0 Å². The van der Waals surface area contributed by atoms with E-state index in [9.17, 15) is 0 Å². The van der Waals surface area contributed by atoms with E-state index in [1.54, 1.807) is 10.8 Å². The predicted molar refractivity (Wildman–Crippen MR) is 75.3 cm³/mol. The van der Waals surface area contributed by atoms with E-state index in [0.717, 1.165) is 0 Å². The Hall–Kier alpha value is -0.0431. The van der Waals surface area contributed by atoms with Gasteiger partial charge in [-0.15, -0.1) is 0 Å². The highest BCUT2D eigenvalue weighted by Gasteiger charge is 2.32. The first-order valence-corrected chi connectivity index (χ1v) is 7.00. The molecule has 0 aromatic rings. The summed E-state index contributed by atoms with van der Waals surface area (Å²) in [6, 6.07) is 0. The Balaban J connectivity index is 5.71. The summed E-state index contributed by atoms with van der Waals surface area (Å²) in [7, 11) is 1.17. The summed E-state index contributed by atoms with van der Waals surface area (Å²) in [5.41, 5.74) is 2.59. The summed E-state index contributed by atoms with van der Waals surface area (Å²) in [5, 5.41) is 1.68. The molecule has 0 atom stereocenters. The van der Waals surface area contributed by atoms with Gasteiger partial charge >= 0.3 is 0 Å². The fraction of sp³-hybridized carbons (Fsp3) is 0.857. The first kappa shape index (κ1) is 15.0. The molecule has 0 aromatic heterocycles. The molecule has 0 nitrogen and oxygen atoms in total. The molecule has 0 N–H and O–H groups in total. The molecule has 0 unspecified atom stereocenters. The Kier molecular flexibility index (Phi) is 4.07. The lowest BCUT2D eigenvalue weighted by molar-refractivity contribution is 0.344. The third-order valence-corrected chi connectivity index (χ3v) is 5.00. The quantitative estimate of drug-likeness (QED) is 0.552. The summed E-state index contributed by atoms with van der Waals surface area (Å²) in [5.74, 6) is 0. The molecule has 0 fully saturated rings. The van der Waals surface area contributed by atoms with Gasteiger partial charge in [0.05, 0.1) is 0 Å². The van der Waals surface area contributed by atoms with Crippen LogP contribution in [0.25, 0.3) is 0 Å². The number of hydrogen-bond donors (Lipinski definition) is 0. The van der Waals surface area contributed by atoms with Crippen molar-refractivity contribution in [1.29, 1.82) is 0 Å². The van der Waals surface area contributed by atoms with Gasteiger partial charge in [-0.05, 0) is 16.2 Å². The van der Waals surface area contributed by atoms with E-state index >= 15 is 0 Å². The topological polar surface area (TPSA) is 0 Å². The van der Waals surface area contributed by atoms with Crippen molar-refractivity contribution in [2.24, 2.45) is 16.2 Å². The normalized spacial score (nSPS) is 14.2. The number of rotatable bonds is 0. The largest absolute Gasteiger partial charge is 0.0863 e. The van der Waals surface area contributed by atoms with Gasteiger partial charge in [0.1, 0.15) is 0 Å². The lowest BCUT2D eigenvalue weighted by atomic mass is 9.69. The van der Waals surface area contributed by atoms with Gasteiger partial charge in [0, 0.05) is 10.2 Å². The third-order valence-electron chi connectivity index (χ3n) is 3.00. The predicted octanol–water partition coefficient (Wildman–Crippen LogP) is 3.74. The molecule has 0 aliphatic heterocycles. The SMILES string of the molecule is CC(C)(C)C([SiH3])=C(C(C)(C)C)C(C)(C)C. The first-order valence-electron chi connectivity index (χ1n) is 6.00. The molecule has 0 heterocycles. The second-order valence-corrected chi connectivity index (χ2v) is 8.75. The molecular weight excluding hydrogens is 196 g/mol. The van der Waals surface area contributed by atoms with E-state index in [4.69, 9.17) is 0 Å². The first-order chi connectivity index (χ1) is 6.28. The second kappa shape index (κ2) is 4.08. The molecule has 0 saturated heterocycles. The zero-order valence-corrected chi connectivity index (χ0v) is 14.5. The maximum atomic E-state index is 2.34. The van der Waals surface area contributed by atoms with Gasteiger partial charge in [0.2, 0.25) is 0 Å². The zero-order chi connectivity index (χ0) is 12.7. The average molecular weight is 226 g/mol. The molecular formula is C14H30Si. The molecule has 0 aliphatic rings. The third kappa shape index (κ3) is 4.14. The van der Waals surface area contributed by atoms with E-state index in [2.05, 4.69) is 62.3 Å². The molecule has 15 heavy (non-hydrogen) atoms. The van der Waals surface area contributed by atoms with Crippen LogP contribution in [-0.2, 0) is 0 Å². The van der Waals surface area contributed by atoms with E-state index in [0.29, 0.717) is 16.2 Å². The molecule has 0 amide bonds. The van der Waals surface area contributed by atoms with Crippen LogP contribution < -0.4 is 0 Å². The van der Waals surface area contributed by atoms with E-state index in [-0.39, 0.29) is 0 Å². The summed E-state index contributed by atoms with van der Waals surface area (Å²) in [6.07, 6.45) is 0. The Labute approximate surface area is 100.0 Å². The summed E-state index contributed by atoms with van der Waals surface area (Å²) >= 11 is 0. The fourth-order valence-electron chi connectivity index (χ4n) is 2.62. The van der Waals surface area contributed by atoms with Crippen molar-refractivity contribution in [1.82, 2.24) is 0 Å². The Morgan fingerprint density at radius 2 is 0.867 bits per heavy atom. The van der Waals surface area contributed by atoms with Crippen LogP contribution in [-0.4, -0.2) is 10.2 Å². The fourth-order valence-corrected chi connectivity index (χ4v) is 4.12. The van der Waals surface area contributed by atoms with Gasteiger partial charge in [0.25, 0.3) is 0 Å². The molecule has 0 spiro atoms. The Morgan fingerprint density at radius 1 is 0.600 bits per heavy atom. The minimum absolute atomic E-state index is 0.294. The molecule has 0 radical (unpaired) electrons. The Morgan fingerprint density at radius 3 is 0.933 bits per heavy atom. The van der Waals surface area contributed by atoms with Crippen LogP contribution in [0.3, 0.4) is 0 Å². The van der Waals surface area contributed by atoms with Crippen molar-refractivity contribution in [2.45, 2.75) is 62.3 Å². The molecule has 0 aliphatic carbocycles. The molecule has 0 bridgehead atoms. The molecule has 0 rings (SSSR count). The van der Waals surface area contributed by atoms with Crippen LogP contribution in [0.1, 0.15) is 62.3 Å². The van der Waals surface area contributed by atoms with Crippen molar-refractivity contribution in [2.75, 3.05) is 0 Å². The van der Waals surface area contributed by atoms with Gasteiger partial charge in [-0.3, -0.25) is 0 Å². The highest BCUT2D eigenvalue weighted by atomic mass is 28.1. The van der Waals surface area contributed by atoms with Crippen molar-refractivity contribution in [3.8, 4) is 0 Å². The smallest absolute Gasteiger partial charge is 0.0339 e. The monoisotopic (exact) mass is 226 g/mol. The van der Waals surface area contributed by atoms with E-state index in [1.807, 2.05) is 0 Å². The standard InChI is InChI=1S/C14H30Si/c1-12(2,3)10(13(4,5)6)11(15)14(7,8)9/h1-9,15H3. The maximum Gasteiger partial charge on any atom is 0.0339 e. The highest BCUT2D eigenvalue weighted by Crippen LogP contribution is 2.44. The van der Waals surface area contributed by atoms with Gasteiger partial charge < -0.3 is 0 Å². The molecule has 0 saturated carbocycles. The van der Waals surface area contributed by atoms with Gasteiger partial charge in [-0.1, -0.05) is 73.1 Å². The van der Waals surface area contributed by atoms with Crippen LogP contribution in [0.15, 0.2) is 10.8 Å². The summed E-state index contributed by atoms with van der Waals surface area (Å²) in [4.78, 5) is 0. The lowest BCUT2D eigenvalue weighted by Crippen LogP contribution is -2.28. The van der Waals surface area contributed by atoms with Crippen LogP contribution >= 0.6 is 0 Å². The van der Waals surface area contributed by atoms with E-state index < -0.39 is 0 Å². The van der Waals surface area contributed by atoms with Crippen LogP contribution in [0.4, 0.5) is 0 Å². The van der Waals surface area contributed by atoms with Crippen molar-refractivity contribution >= 4 is 10.2 Å². The molecule has 1 heteroatoms. The lowest BCUT2D eigenvalue weighted by Gasteiger charge is -2.39. The van der Waals surface area contributed by atoms with Crippen molar-refractivity contribution in [3.05, 3.63) is 10.8 Å². The van der Waals surface area contributed by atoms with Crippen LogP contribution in [0, 0.1) is 16.2 Å². The summed E-state index contributed by atoms with van der Waals surface area (Å²) < 4.78 is 0. The average Bonchev–Trinajstić information content (AvgIpc) is 1.76. The summed E-state index contributed by atoms with van der Waals surface area (Å²) in [6.45, 7) is 21.1. The van der Waals surface area contributed by atoms with Gasteiger partial charge in [0.15, 0.2) is 0 Å².